The highest BCUT2D eigenvalue weighted by molar-refractivity contribution is 5.80. The molecule has 1 aromatic rings. The van der Waals surface area contributed by atoms with Gasteiger partial charge in [-0.15, -0.1) is 0 Å². The van der Waals surface area contributed by atoms with Crippen LogP contribution in [0.4, 0.5) is 0 Å². The number of aryl methyl sites for hydroxylation is 1. The molecule has 0 bridgehead atoms. The average Bonchev–Trinajstić information content (AvgIpc) is 2.59. The summed E-state index contributed by atoms with van der Waals surface area (Å²) in [5, 5.41) is 4.04. The molecule has 0 N–H and O–H groups in total. The molecule has 0 saturated heterocycles. The highest BCUT2D eigenvalue weighted by Crippen LogP contribution is 2.06. The molecule has 15 heavy (non-hydrogen) atoms. The maximum absolute atomic E-state index is 11.5. The van der Waals surface area contributed by atoms with Gasteiger partial charge in [-0.3, -0.25) is 9.48 Å². The molecule has 0 aliphatic carbocycles. The molecule has 0 fully saturated rings. The second-order valence-corrected chi connectivity index (χ2v) is 4.05. The van der Waals surface area contributed by atoms with E-state index in [0.29, 0.717) is 12.2 Å². The minimum atomic E-state index is 0.333. The van der Waals surface area contributed by atoms with Crippen molar-refractivity contribution in [1.29, 1.82) is 0 Å². The molecule has 84 valence electrons. The van der Waals surface area contributed by atoms with E-state index in [1.165, 1.54) is 19.3 Å². The molecule has 1 heterocycles. The molecule has 0 spiro atoms. The zero-order chi connectivity index (χ0) is 11.1. The highest BCUT2D eigenvalue weighted by Gasteiger charge is 2.04. The van der Waals surface area contributed by atoms with Crippen LogP contribution in [0.25, 0.3) is 0 Å². The van der Waals surface area contributed by atoms with E-state index < -0.39 is 0 Å². The van der Waals surface area contributed by atoms with Gasteiger partial charge in [0, 0.05) is 26.1 Å². The van der Waals surface area contributed by atoms with Crippen LogP contribution in [0.15, 0.2) is 12.4 Å². The first-order valence-corrected chi connectivity index (χ1v) is 5.71. The largest absolute Gasteiger partial charge is 0.299 e. The standard InChI is InChI=1S/C12H20N2O/c1-3-4-5-6-7-12(15)8-11-9-13-14(2)10-11/h9-10H,3-8H2,1-2H3. The number of carbonyl (C=O) groups excluding carboxylic acids is 1. The Morgan fingerprint density at radius 3 is 2.80 bits per heavy atom. The molecule has 0 radical (unpaired) electrons. The summed E-state index contributed by atoms with van der Waals surface area (Å²) in [5.41, 5.74) is 1.03. The second-order valence-electron chi connectivity index (χ2n) is 4.05. The number of Topliss-reactive ketones (excluding diaryl/α,β-unsaturated/α-hetero) is 1. The third-order valence-electron chi connectivity index (χ3n) is 2.47. The van der Waals surface area contributed by atoms with E-state index in [1.54, 1.807) is 10.9 Å². The lowest BCUT2D eigenvalue weighted by atomic mass is 10.1. The number of rotatable bonds is 7. The number of carbonyl (C=O) groups is 1. The molecule has 0 aliphatic heterocycles. The molecular weight excluding hydrogens is 188 g/mol. The van der Waals surface area contributed by atoms with Crippen molar-refractivity contribution in [3.05, 3.63) is 18.0 Å². The van der Waals surface area contributed by atoms with Crippen molar-refractivity contribution >= 4 is 5.78 Å². The van der Waals surface area contributed by atoms with E-state index >= 15 is 0 Å². The summed E-state index contributed by atoms with van der Waals surface area (Å²) in [6, 6.07) is 0. The van der Waals surface area contributed by atoms with Crippen LogP contribution in [0.3, 0.4) is 0 Å². The molecule has 1 aromatic heterocycles. The average molecular weight is 208 g/mol. The maximum atomic E-state index is 11.5. The van der Waals surface area contributed by atoms with Crippen molar-refractivity contribution < 1.29 is 4.79 Å². The molecule has 1 rings (SSSR count). The van der Waals surface area contributed by atoms with Crippen LogP contribution in [0.2, 0.25) is 0 Å². The lowest BCUT2D eigenvalue weighted by molar-refractivity contribution is -0.118. The van der Waals surface area contributed by atoms with Crippen molar-refractivity contribution in [2.45, 2.75) is 45.4 Å². The molecule has 3 heteroatoms. The molecule has 0 aliphatic rings. The monoisotopic (exact) mass is 208 g/mol. The molecule has 3 nitrogen and oxygen atoms in total. The van der Waals surface area contributed by atoms with Crippen LogP contribution in [0.1, 0.15) is 44.6 Å². The molecule has 0 aromatic carbocycles. The topological polar surface area (TPSA) is 34.9 Å². The summed E-state index contributed by atoms with van der Waals surface area (Å²) in [7, 11) is 1.87. The Balaban J connectivity index is 2.18. The first kappa shape index (κ1) is 12.0. The third kappa shape index (κ3) is 4.77. The highest BCUT2D eigenvalue weighted by atomic mass is 16.1. The fourth-order valence-corrected chi connectivity index (χ4v) is 1.63. The van der Waals surface area contributed by atoms with Crippen molar-refractivity contribution in [3.8, 4) is 0 Å². The smallest absolute Gasteiger partial charge is 0.137 e. The molecular formula is C12H20N2O. The second kappa shape index (κ2) is 6.38. The van der Waals surface area contributed by atoms with Gasteiger partial charge in [-0.2, -0.15) is 5.10 Å². The summed E-state index contributed by atoms with van der Waals surface area (Å²) in [6.07, 6.45) is 9.60. The predicted octanol–water partition coefficient (Wildman–Crippen LogP) is 2.50. The van der Waals surface area contributed by atoms with Gasteiger partial charge >= 0.3 is 0 Å². The van der Waals surface area contributed by atoms with E-state index in [2.05, 4.69) is 12.0 Å². The van der Waals surface area contributed by atoms with Crippen molar-refractivity contribution in [3.63, 3.8) is 0 Å². The van der Waals surface area contributed by atoms with E-state index in [-0.39, 0.29) is 0 Å². The lowest BCUT2D eigenvalue weighted by Crippen LogP contribution is -2.01. The van der Waals surface area contributed by atoms with Crippen LogP contribution >= 0.6 is 0 Å². The summed E-state index contributed by atoms with van der Waals surface area (Å²) < 4.78 is 1.74. The fraction of sp³-hybridized carbons (Fsp3) is 0.667. The van der Waals surface area contributed by atoms with Crippen molar-refractivity contribution in [2.24, 2.45) is 7.05 Å². The Labute approximate surface area is 91.5 Å². The Morgan fingerprint density at radius 2 is 2.20 bits per heavy atom. The zero-order valence-electron chi connectivity index (χ0n) is 9.70. The van der Waals surface area contributed by atoms with Crippen molar-refractivity contribution in [2.75, 3.05) is 0 Å². The number of hydrogen-bond acceptors (Lipinski definition) is 2. The van der Waals surface area contributed by atoms with Gasteiger partial charge in [0.2, 0.25) is 0 Å². The summed E-state index contributed by atoms with van der Waals surface area (Å²) >= 11 is 0. The van der Waals surface area contributed by atoms with Crippen LogP contribution < -0.4 is 0 Å². The normalized spacial score (nSPS) is 10.5. The fourth-order valence-electron chi connectivity index (χ4n) is 1.63. The Bertz CT molecular complexity index is 304. The lowest BCUT2D eigenvalue weighted by Gasteiger charge is -1.98. The Kier molecular flexibility index (Phi) is 5.08. The maximum Gasteiger partial charge on any atom is 0.137 e. The van der Waals surface area contributed by atoms with Gasteiger partial charge in [-0.25, -0.2) is 0 Å². The molecule has 0 unspecified atom stereocenters. The predicted molar refractivity (Wildman–Crippen MR) is 60.7 cm³/mol. The summed E-state index contributed by atoms with van der Waals surface area (Å²) in [4.78, 5) is 11.5. The van der Waals surface area contributed by atoms with Gasteiger partial charge in [-0.1, -0.05) is 26.2 Å². The van der Waals surface area contributed by atoms with E-state index in [4.69, 9.17) is 0 Å². The van der Waals surface area contributed by atoms with Crippen LogP contribution in [-0.4, -0.2) is 15.6 Å². The SMILES string of the molecule is CCCCCCC(=O)Cc1cnn(C)c1. The van der Waals surface area contributed by atoms with Crippen LogP contribution in [-0.2, 0) is 18.3 Å². The quantitative estimate of drug-likeness (QED) is 0.645. The van der Waals surface area contributed by atoms with E-state index in [0.717, 1.165) is 18.4 Å². The number of nitrogens with zero attached hydrogens (tertiary/aromatic N) is 2. The first-order chi connectivity index (χ1) is 7.22. The van der Waals surface area contributed by atoms with Gasteiger partial charge in [0.05, 0.1) is 6.20 Å². The van der Waals surface area contributed by atoms with Gasteiger partial charge in [0.25, 0.3) is 0 Å². The zero-order valence-corrected chi connectivity index (χ0v) is 9.70. The molecule has 0 saturated carbocycles. The number of aromatic nitrogens is 2. The van der Waals surface area contributed by atoms with Crippen LogP contribution in [0.5, 0.6) is 0 Å². The van der Waals surface area contributed by atoms with E-state index in [1.807, 2.05) is 13.2 Å². The van der Waals surface area contributed by atoms with Gasteiger partial charge in [0.1, 0.15) is 5.78 Å². The molecule has 0 atom stereocenters. The minimum absolute atomic E-state index is 0.333. The number of hydrogen-bond donors (Lipinski definition) is 0. The summed E-state index contributed by atoms with van der Waals surface area (Å²) in [6.45, 7) is 2.18. The number of unbranched alkanes of at least 4 members (excludes halogenated alkanes) is 3. The number of ketones is 1. The Morgan fingerprint density at radius 1 is 1.40 bits per heavy atom. The Hall–Kier alpha value is -1.12. The third-order valence-corrected chi connectivity index (χ3v) is 2.47. The molecule has 0 amide bonds. The minimum Gasteiger partial charge on any atom is -0.299 e. The van der Waals surface area contributed by atoms with E-state index in [9.17, 15) is 4.79 Å². The first-order valence-electron chi connectivity index (χ1n) is 5.71. The van der Waals surface area contributed by atoms with Gasteiger partial charge in [0.15, 0.2) is 0 Å². The van der Waals surface area contributed by atoms with Crippen LogP contribution in [0, 0.1) is 0 Å². The van der Waals surface area contributed by atoms with Gasteiger partial charge < -0.3 is 0 Å². The van der Waals surface area contributed by atoms with Gasteiger partial charge in [-0.05, 0) is 12.0 Å². The van der Waals surface area contributed by atoms with Crippen molar-refractivity contribution in [1.82, 2.24) is 9.78 Å². The summed E-state index contributed by atoms with van der Waals surface area (Å²) in [5.74, 6) is 0.333.